The first-order valence-electron chi connectivity index (χ1n) is 12.0. The fraction of sp³-hybridized carbons (Fsp3) is 0.630. The Kier molecular flexibility index (Phi) is 4.99. The number of carbonyl (C=O) groups is 1. The number of alkyl halides is 2. The van der Waals surface area contributed by atoms with Crippen LogP contribution in [0.3, 0.4) is 0 Å². The Balaban J connectivity index is 1.49. The van der Waals surface area contributed by atoms with E-state index in [-0.39, 0.29) is 16.4 Å². The number of hydrogen-bond acceptors (Lipinski definition) is 2. The number of aromatic nitrogens is 1. The van der Waals surface area contributed by atoms with Crippen LogP contribution in [0.15, 0.2) is 36.2 Å². The predicted octanol–water partition coefficient (Wildman–Crippen LogP) is 7.18. The topological polar surface area (TPSA) is 30.0 Å². The van der Waals surface area contributed by atoms with E-state index in [1.54, 1.807) is 12.3 Å². The molecule has 0 saturated heterocycles. The van der Waals surface area contributed by atoms with Crippen molar-refractivity contribution in [3.05, 3.63) is 47.3 Å². The third-order valence-electron chi connectivity index (χ3n) is 9.51. The van der Waals surface area contributed by atoms with Gasteiger partial charge in [0.25, 0.3) is 6.43 Å². The van der Waals surface area contributed by atoms with Crippen LogP contribution >= 0.6 is 0 Å². The van der Waals surface area contributed by atoms with Crippen LogP contribution in [0, 0.1) is 34.5 Å². The smallest absolute Gasteiger partial charge is 0.265 e. The van der Waals surface area contributed by atoms with Gasteiger partial charge in [0.05, 0.1) is 0 Å². The molecule has 166 valence electrons. The molecule has 0 amide bonds. The van der Waals surface area contributed by atoms with Crippen LogP contribution in [0.5, 0.6) is 0 Å². The normalized spacial score (nSPS) is 39.5. The minimum absolute atomic E-state index is 0.0111. The first-order valence-corrected chi connectivity index (χ1v) is 12.0. The van der Waals surface area contributed by atoms with Crippen LogP contribution in [0.4, 0.5) is 8.78 Å². The van der Waals surface area contributed by atoms with Gasteiger partial charge in [-0.1, -0.05) is 32.4 Å². The third kappa shape index (κ3) is 3.08. The summed E-state index contributed by atoms with van der Waals surface area (Å²) in [6, 6.07) is 1.65. The van der Waals surface area contributed by atoms with E-state index in [1.165, 1.54) is 17.3 Å². The average molecular weight is 426 g/mol. The summed E-state index contributed by atoms with van der Waals surface area (Å²) >= 11 is 0. The van der Waals surface area contributed by atoms with Crippen molar-refractivity contribution in [3.8, 4) is 0 Å². The highest BCUT2D eigenvalue weighted by Crippen LogP contribution is 2.67. The number of halogens is 2. The molecule has 2 saturated carbocycles. The summed E-state index contributed by atoms with van der Waals surface area (Å²) in [4.78, 5) is 16.4. The molecule has 4 aliphatic rings. The van der Waals surface area contributed by atoms with Crippen molar-refractivity contribution < 1.29 is 13.6 Å². The Hall–Kier alpha value is -1.84. The average Bonchev–Trinajstić information content (AvgIpc) is 3.11. The zero-order valence-electron chi connectivity index (χ0n) is 18.8. The lowest BCUT2D eigenvalue weighted by Gasteiger charge is -2.59. The predicted molar refractivity (Wildman–Crippen MR) is 118 cm³/mol. The molecule has 5 rings (SSSR count). The first kappa shape index (κ1) is 21.0. The number of rotatable bonds is 3. The van der Waals surface area contributed by atoms with Crippen LogP contribution in [0.25, 0.3) is 5.57 Å². The molecule has 1 aromatic heterocycles. The van der Waals surface area contributed by atoms with Crippen molar-refractivity contribution in [1.82, 2.24) is 4.98 Å². The minimum atomic E-state index is -2.49. The Morgan fingerprint density at radius 1 is 1.16 bits per heavy atom. The molecule has 0 radical (unpaired) electrons. The number of pyridine rings is 1. The Morgan fingerprint density at radius 2 is 1.97 bits per heavy atom. The van der Waals surface area contributed by atoms with E-state index >= 15 is 0 Å². The van der Waals surface area contributed by atoms with E-state index < -0.39 is 6.43 Å². The lowest BCUT2D eigenvalue weighted by molar-refractivity contribution is -0.117. The second kappa shape index (κ2) is 7.35. The zero-order valence-corrected chi connectivity index (χ0v) is 18.8. The van der Waals surface area contributed by atoms with Gasteiger partial charge in [0, 0.05) is 24.4 Å². The van der Waals surface area contributed by atoms with Crippen molar-refractivity contribution in [1.29, 1.82) is 0 Å². The van der Waals surface area contributed by atoms with Crippen molar-refractivity contribution in [2.75, 3.05) is 0 Å². The Bertz CT molecular complexity index is 966. The first-order chi connectivity index (χ1) is 14.8. The Morgan fingerprint density at radius 3 is 2.71 bits per heavy atom. The molecule has 0 bridgehead atoms. The summed E-state index contributed by atoms with van der Waals surface area (Å²) in [6.07, 6.45) is 12.0. The standard InChI is InChI=1S/C27H33F2NO/c1-4-16-12-20-22-6-5-21(17-11-18(25(28)29)15-30-14-17)26(22,2)10-8-23(20)27(3)9-7-19(31)13-24(16)27/h5,11,13-16,20,22-23,25H,4,6-10,12H2,1-3H3/t16?,20?,22?,23?,26-,27-/m1/s1. The highest BCUT2D eigenvalue weighted by Gasteiger charge is 2.58. The molecular formula is C27H33F2NO. The van der Waals surface area contributed by atoms with Gasteiger partial charge in [0.1, 0.15) is 0 Å². The molecule has 2 fully saturated rings. The number of allylic oxidation sites excluding steroid dienone is 4. The van der Waals surface area contributed by atoms with E-state index in [4.69, 9.17) is 0 Å². The zero-order chi connectivity index (χ0) is 22.0. The molecule has 0 N–H and O–H groups in total. The number of carbonyl (C=O) groups excluding carboxylic acids is 1. The molecular weight excluding hydrogens is 392 g/mol. The van der Waals surface area contributed by atoms with Crippen molar-refractivity contribution in [2.45, 2.75) is 72.1 Å². The summed E-state index contributed by atoms with van der Waals surface area (Å²) in [7, 11) is 0. The van der Waals surface area contributed by atoms with E-state index in [1.807, 2.05) is 6.08 Å². The summed E-state index contributed by atoms with van der Waals surface area (Å²) in [5, 5.41) is 0. The van der Waals surface area contributed by atoms with Gasteiger partial charge in [0.15, 0.2) is 5.78 Å². The van der Waals surface area contributed by atoms with Crippen LogP contribution in [0.1, 0.15) is 83.3 Å². The maximum absolute atomic E-state index is 13.3. The molecule has 6 atom stereocenters. The van der Waals surface area contributed by atoms with Gasteiger partial charge in [-0.25, -0.2) is 8.78 Å². The molecule has 4 heteroatoms. The summed E-state index contributed by atoms with van der Waals surface area (Å²) in [5.74, 6) is 2.58. The molecule has 31 heavy (non-hydrogen) atoms. The Labute approximate surface area is 184 Å². The monoisotopic (exact) mass is 425 g/mol. The molecule has 0 aliphatic heterocycles. The van der Waals surface area contributed by atoms with Crippen LogP contribution in [0.2, 0.25) is 0 Å². The van der Waals surface area contributed by atoms with Gasteiger partial charge in [-0.2, -0.15) is 0 Å². The third-order valence-corrected chi connectivity index (χ3v) is 9.51. The van der Waals surface area contributed by atoms with E-state index in [0.29, 0.717) is 35.9 Å². The highest BCUT2D eigenvalue weighted by molar-refractivity contribution is 5.91. The lowest BCUT2D eigenvalue weighted by Crippen LogP contribution is -2.52. The van der Waals surface area contributed by atoms with Crippen molar-refractivity contribution >= 4 is 11.4 Å². The number of ketones is 1. The molecule has 1 aromatic rings. The maximum Gasteiger partial charge on any atom is 0.265 e. The molecule has 0 spiro atoms. The van der Waals surface area contributed by atoms with Gasteiger partial charge in [-0.3, -0.25) is 9.78 Å². The van der Waals surface area contributed by atoms with Gasteiger partial charge in [0.2, 0.25) is 0 Å². The van der Waals surface area contributed by atoms with Gasteiger partial charge < -0.3 is 0 Å². The fourth-order valence-electron chi connectivity index (χ4n) is 7.91. The van der Waals surface area contributed by atoms with Crippen molar-refractivity contribution in [3.63, 3.8) is 0 Å². The van der Waals surface area contributed by atoms with E-state index in [2.05, 4.69) is 31.8 Å². The van der Waals surface area contributed by atoms with Crippen LogP contribution in [-0.2, 0) is 4.79 Å². The van der Waals surface area contributed by atoms with Crippen molar-refractivity contribution in [2.24, 2.45) is 34.5 Å². The molecule has 4 unspecified atom stereocenters. The number of nitrogens with zero attached hydrogens (tertiary/aromatic N) is 1. The van der Waals surface area contributed by atoms with Crippen LogP contribution < -0.4 is 0 Å². The van der Waals surface area contributed by atoms with Gasteiger partial charge in [-0.15, -0.1) is 0 Å². The maximum atomic E-state index is 13.3. The quantitative estimate of drug-likeness (QED) is 0.513. The summed E-state index contributed by atoms with van der Waals surface area (Å²) in [6.45, 7) is 7.04. The second-order valence-electron chi connectivity index (χ2n) is 10.8. The fourth-order valence-corrected chi connectivity index (χ4v) is 7.91. The summed E-state index contributed by atoms with van der Waals surface area (Å²) < 4.78 is 26.6. The lowest BCUT2D eigenvalue weighted by atomic mass is 9.45. The van der Waals surface area contributed by atoms with Crippen LogP contribution in [-0.4, -0.2) is 10.8 Å². The van der Waals surface area contributed by atoms with Gasteiger partial charge in [-0.05, 0) is 96.3 Å². The molecule has 2 nitrogen and oxygen atoms in total. The highest BCUT2D eigenvalue weighted by atomic mass is 19.3. The van der Waals surface area contributed by atoms with E-state index in [9.17, 15) is 13.6 Å². The van der Waals surface area contributed by atoms with Gasteiger partial charge >= 0.3 is 0 Å². The second-order valence-corrected chi connectivity index (χ2v) is 10.8. The number of fused-ring (bicyclic) bond motifs is 5. The minimum Gasteiger partial charge on any atom is -0.295 e. The van der Waals surface area contributed by atoms with E-state index in [0.717, 1.165) is 44.1 Å². The summed E-state index contributed by atoms with van der Waals surface area (Å²) in [5.41, 5.74) is 3.69. The molecule has 4 aliphatic carbocycles. The molecule has 1 heterocycles. The molecule has 0 aromatic carbocycles. The number of hydrogen-bond donors (Lipinski definition) is 0. The largest absolute Gasteiger partial charge is 0.295 e. The SMILES string of the molecule is CCC1CC2C(CC[C@]3(C)C(c4cncc(C(F)F)c4)=CCC23)[C@@]2(C)CCC(=O)C=C12.